The highest BCUT2D eigenvalue weighted by atomic mass is 16.5. The Morgan fingerprint density at radius 3 is 2.89 bits per heavy atom. The molecule has 4 nitrogen and oxygen atoms in total. The van der Waals surface area contributed by atoms with Gasteiger partial charge in [0.05, 0.1) is 17.9 Å². The Hall–Kier alpha value is -1.42. The predicted octanol–water partition coefficient (Wildman–Crippen LogP) is 3.00. The minimum atomic E-state index is 0.0965. The van der Waals surface area contributed by atoms with Crippen LogP contribution in [0.3, 0.4) is 0 Å². The molecule has 0 aliphatic carbocycles. The maximum absolute atomic E-state index is 5.87. The number of hydrogen-bond donors (Lipinski definition) is 1. The summed E-state index contributed by atoms with van der Waals surface area (Å²) in [4.78, 5) is 0. The largest absolute Gasteiger partial charge is 0.491 e. The van der Waals surface area contributed by atoms with Crippen molar-refractivity contribution in [2.75, 3.05) is 18.9 Å². The second-order valence-corrected chi connectivity index (χ2v) is 5.17. The van der Waals surface area contributed by atoms with Crippen LogP contribution in [0.5, 0.6) is 11.5 Å². The third-order valence-electron chi connectivity index (χ3n) is 3.06. The van der Waals surface area contributed by atoms with Crippen LogP contribution in [-0.4, -0.2) is 25.4 Å². The summed E-state index contributed by atoms with van der Waals surface area (Å²) in [6.07, 6.45) is 3.76. The summed E-state index contributed by atoms with van der Waals surface area (Å²) in [6, 6.07) is 5.53. The number of nitrogens with two attached hydrogens (primary N) is 1. The van der Waals surface area contributed by atoms with Crippen LogP contribution < -0.4 is 15.2 Å². The Morgan fingerprint density at radius 1 is 1.37 bits per heavy atom. The topological polar surface area (TPSA) is 53.7 Å². The summed E-state index contributed by atoms with van der Waals surface area (Å²) in [5.74, 6) is 1.45. The molecule has 0 aromatic heterocycles. The van der Waals surface area contributed by atoms with Crippen molar-refractivity contribution < 1.29 is 14.2 Å². The summed E-state index contributed by atoms with van der Waals surface area (Å²) in [6.45, 7) is 5.38. The highest BCUT2D eigenvalue weighted by molar-refractivity contribution is 5.55. The van der Waals surface area contributed by atoms with Crippen molar-refractivity contribution in [1.82, 2.24) is 0 Å². The fourth-order valence-corrected chi connectivity index (χ4v) is 2.09. The molecule has 1 aromatic rings. The first-order chi connectivity index (χ1) is 9.15. The van der Waals surface area contributed by atoms with Gasteiger partial charge in [-0.05, 0) is 45.2 Å². The van der Waals surface area contributed by atoms with E-state index in [1.54, 1.807) is 0 Å². The molecule has 1 aliphatic heterocycles. The van der Waals surface area contributed by atoms with E-state index in [4.69, 9.17) is 19.9 Å². The van der Waals surface area contributed by atoms with Crippen LogP contribution in [-0.2, 0) is 4.74 Å². The van der Waals surface area contributed by atoms with E-state index < -0.39 is 0 Å². The summed E-state index contributed by atoms with van der Waals surface area (Å²) >= 11 is 0. The molecule has 1 heterocycles. The fourth-order valence-electron chi connectivity index (χ4n) is 2.09. The van der Waals surface area contributed by atoms with Gasteiger partial charge in [0.1, 0.15) is 18.1 Å². The van der Waals surface area contributed by atoms with Crippen LogP contribution in [0.2, 0.25) is 0 Å². The molecule has 0 radical (unpaired) electrons. The maximum atomic E-state index is 5.87. The Morgan fingerprint density at radius 2 is 2.21 bits per heavy atom. The van der Waals surface area contributed by atoms with E-state index >= 15 is 0 Å². The molecule has 1 saturated heterocycles. The summed E-state index contributed by atoms with van der Waals surface area (Å²) in [5.41, 5.74) is 6.51. The van der Waals surface area contributed by atoms with Crippen molar-refractivity contribution in [2.24, 2.45) is 0 Å². The Kier molecular flexibility index (Phi) is 4.91. The summed E-state index contributed by atoms with van der Waals surface area (Å²) in [7, 11) is 0. The highest BCUT2D eigenvalue weighted by Gasteiger charge is 2.14. The molecule has 1 aliphatic rings. The average Bonchev–Trinajstić information content (AvgIpc) is 2.40. The van der Waals surface area contributed by atoms with Crippen LogP contribution in [0, 0.1) is 0 Å². The van der Waals surface area contributed by atoms with Gasteiger partial charge in [0.15, 0.2) is 0 Å². The van der Waals surface area contributed by atoms with E-state index in [0.717, 1.165) is 25.2 Å². The van der Waals surface area contributed by atoms with Crippen molar-refractivity contribution in [1.29, 1.82) is 0 Å². The van der Waals surface area contributed by atoms with Crippen LogP contribution in [0.4, 0.5) is 5.69 Å². The third kappa shape index (κ3) is 4.31. The minimum absolute atomic E-state index is 0.0965. The van der Waals surface area contributed by atoms with Gasteiger partial charge in [0.2, 0.25) is 0 Å². The van der Waals surface area contributed by atoms with Crippen molar-refractivity contribution in [3.63, 3.8) is 0 Å². The van der Waals surface area contributed by atoms with Crippen molar-refractivity contribution >= 4 is 5.69 Å². The van der Waals surface area contributed by atoms with E-state index in [1.807, 2.05) is 32.0 Å². The number of nitrogen functional groups attached to an aromatic ring is 1. The SMILES string of the molecule is CC(C)Oc1cc(OCC2CCCCO2)ccc1N. The van der Waals surface area contributed by atoms with Gasteiger partial charge >= 0.3 is 0 Å². The van der Waals surface area contributed by atoms with Gasteiger partial charge in [-0.25, -0.2) is 0 Å². The number of ether oxygens (including phenoxy) is 3. The zero-order valence-electron chi connectivity index (χ0n) is 11.7. The lowest BCUT2D eigenvalue weighted by molar-refractivity contribution is -0.0111. The van der Waals surface area contributed by atoms with Crippen LogP contribution >= 0.6 is 0 Å². The first-order valence-electron chi connectivity index (χ1n) is 6.95. The van der Waals surface area contributed by atoms with Crippen molar-refractivity contribution in [2.45, 2.75) is 45.3 Å². The van der Waals surface area contributed by atoms with Crippen LogP contribution in [0.1, 0.15) is 33.1 Å². The maximum Gasteiger partial charge on any atom is 0.146 e. The van der Waals surface area contributed by atoms with Crippen LogP contribution in [0.25, 0.3) is 0 Å². The highest BCUT2D eigenvalue weighted by Crippen LogP contribution is 2.28. The quantitative estimate of drug-likeness (QED) is 0.831. The fraction of sp³-hybridized carbons (Fsp3) is 0.600. The first kappa shape index (κ1) is 14.0. The molecular weight excluding hydrogens is 242 g/mol. The van der Waals surface area contributed by atoms with Gasteiger partial charge in [-0.2, -0.15) is 0 Å². The Bertz CT molecular complexity index is 400. The molecule has 1 atom stereocenters. The Balaban J connectivity index is 1.92. The lowest BCUT2D eigenvalue weighted by Crippen LogP contribution is -2.25. The van der Waals surface area contributed by atoms with Gasteiger partial charge in [-0.1, -0.05) is 0 Å². The van der Waals surface area contributed by atoms with Gasteiger partial charge in [0, 0.05) is 12.7 Å². The minimum Gasteiger partial charge on any atom is -0.491 e. The number of benzene rings is 1. The lowest BCUT2D eigenvalue weighted by atomic mass is 10.1. The third-order valence-corrected chi connectivity index (χ3v) is 3.06. The molecule has 0 saturated carbocycles. The molecule has 106 valence electrons. The van der Waals surface area contributed by atoms with Gasteiger partial charge in [-0.3, -0.25) is 0 Å². The molecule has 1 unspecified atom stereocenters. The lowest BCUT2D eigenvalue weighted by Gasteiger charge is -2.23. The van der Waals surface area contributed by atoms with E-state index in [1.165, 1.54) is 6.42 Å². The molecule has 0 bridgehead atoms. The molecule has 0 amide bonds. The predicted molar refractivity (Wildman–Crippen MR) is 75.7 cm³/mol. The van der Waals surface area contributed by atoms with E-state index in [9.17, 15) is 0 Å². The number of rotatable bonds is 5. The van der Waals surface area contributed by atoms with E-state index in [0.29, 0.717) is 18.0 Å². The van der Waals surface area contributed by atoms with Crippen molar-refractivity contribution in [3.8, 4) is 11.5 Å². The van der Waals surface area contributed by atoms with E-state index in [2.05, 4.69) is 0 Å². The number of anilines is 1. The smallest absolute Gasteiger partial charge is 0.146 e. The molecule has 1 fully saturated rings. The second-order valence-electron chi connectivity index (χ2n) is 5.17. The zero-order chi connectivity index (χ0) is 13.7. The van der Waals surface area contributed by atoms with Gasteiger partial charge < -0.3 is 19.9 Å². The average molecular weight is 265 g/mol. The molecule has 1 aromatic carbocycles. The van der Waals surface area contributed by atoms with Crippen molar-refractivity contribution in [3.05, 3.63) is 18.2 Å². The molecule has 2 N–H and O–H groups in total. The summed E-state index contributed by atoms with van der Waals surface area (Å²) < 4.78 is 17.0. The normalized spacial score (nSPS) is 19.4. The molecular formula is C15H23NO3. The monoisotopic (exact) mass is 265 g/mol. The molecule has 2 rings (SSSR count). The van der Waals surface area contributed by atoms with E-state index in [-0.39, 0.29) is 12.2 Å². The molecule has 19 heavy (non-hydrogen) atoms. The molecule has 4 heteroatoms. The second kappa shape index (κ2) is 6.66. The van der Waals surface area contributed by atoms with Crippen LogP contribution in [0.15, 0.2) is 18.2 Å². The number of hydrogen-bond acceptors (Lipinski definition) is 4. The molecule has 0 spiro atoms. The Labute approximate surface area is 114 Å². The van der Waals surface area contributed by atoms with Gasteiger partial charge in [0.25, 0.3) is 0 Å². The summed E-state index contributed by atoms with van der Waals surface area (Å²) in [5, 5.41) is 0. The van der Waals surface area contributed by atoms with Gasteiger partial charge in [-0.15, -0.1) is 0 Å². The first-order valence-corrected chi connectivity index (χ1v) is 6.95. The zero-order valence-corrected chi connectivity index (χ0v) is 11.7. The standard InChI is InChI=1S/C15H23NO3/c1-11(2)19-15-9-12(6-7-14(15)16)18-10-13-5-3-4-8-17-13/h6-7,9,11,13H,3-5,8,10,16H2,1-2H3.